The molecule has 1 aliphatic rings. The molecule has 0 heterocycles. The Kier molecular flexibility index (Phi) is 7.55. The number of carbonyl (C=O) groups is 4. The second-order valence-corrected chi connectivity index (χ2v) is 6.06. The summed E-state index contributed by atoms with van der Waals surface area (Å²) >= 11 is 0. The highest BCUT2D eigenvalue weighted by molar-refractivity contribution is 5.81. The monoisotopic (exact) mass is 392 g/mol. The van der Waals surface area contributed by atoms with Crippen LogP contribution in [0, 0.1) is 11.8 Å². The summed E-state index contributed by atoms with van der Waals surface area (Å²) in [5.41, 5.74) is 0. The van der Waals surface area contributed by atoms with Crippen LogP contribution in [0.5, 0.6) is 11.5 Å². The van der Waals surface area contributed by atoms with Crippen molar-refractivity contribution in [2.75, 3.05) is 6.79 Å². The molecule has 1 aromatic carbocycles. The SMILES string of the molecule is C=CC(=O)OCOC(=O)Oc1ccc(OC(=O)C2CCC(C(=O)O)CC2)cc1. The van der Waals surface area contributed by atoms with E-state index in [1.807, 2.05) is 0 Å². The van der Waals surface area contributed by atoms with Crippen LogP contribution in [0.1, 0.15) is 25.7 Å². The average molecular weight is 392 g/mol. The number of benzene rings is 1. The summed E-state index contributed by atoms with van der Waals surface area (Å²) in [5, 5.41) is 8.98. The van der Waals surface area contributed by atoms with Gasteiger partial charge >= 0.3 is 24.1 Å². The van der Waals surface area contributed by atoms with Crippen molar-refractivity contribution in [3.05, 3.63) is 36.9 Å². The maximum absolute atomic E-state index is 12.2. The number of ether oxygens (including phenoxy) is 4. The number of rotatable bonds is 7. The van der Waals surface area contributed by atoms with Gasteiger partial charge in [-0.2, -0.15) is 0 Å². The molecule has 1 saturated carbocycles. The molecule has 1 N–H and O–H groups in total. The summed E-state index contributed by atoms with van der Waals surface area (Å²) in [6.45, 7) is 2.58. The van der Waals surface area contributed by atoms with Gasteiger partial charge in [-0.05, 0) is 49.9 Å². The predicted molar refractivity (Wildman–Crippen MR) is 93.4 cm³/mol. The summed E-state index contributed by atoms with van der Waals surface area (Å²) in [6, 6.07) is 5.70. The van der Waals surface area contributed by atoms with Gasteiger partial charge in [0.05, 0.1) is 11.8 Å². The Bertz CT molecular complexity index is 730. The normalized spacial score (nSPS) is 18.4. The van der Waals surface area contributed by atoms with Crippen molar-refractivity contribution in [1.82, 2.24) is 0 Å². The third-order valence-electron chi connectivity index (χ3n) is 4.20. The van der Waals surface area contributed by atoms with Gasteiger partial charge in [0.1, 0.15) is 11.5 Å². The molecule has 0 bridgehead atoms. The summed E-state index contributed by atoms with van der Waals surface area (Å²) in [6.07, 6.45) is 1.69. The van der Waals surface area contributed by atoms with Crippen molar-refractivity contribution >= 4 is 24.1 Å². The van der Waals surface area contributed by atoms with Crippen LogP contribution in [0.25, 0.3) is 0 Å². The van der Waals surface area contributed by atoms with Crippen LogP contribution in [0.3, 0.4) is 0 Å². The van der Waals surface area contributed by atoms with Crippen LogP contribution in [0.15, 0.2) is 36.9 Å². The molecule has 0 aliphatic heterocycles. The molecule has 0 aromatic heterocycles. The summed E-state index contributed by atoms with van der Waals surface area (Å²) in [5.74, 6) is -2.32. The van der Waals surface area contributed by atoms with Gasteiger partial charge in [0.2, 0.25) is 6.79 Å². The first-order chi connectivity index (χ1) is 13.4. The Balaban J connectivity index is 1.77. The van der Waals surface area contributed by atoms with Crippen molar-refractivity contribution in [1.29, 1.82) is 0 Å². The van der Waals surface area contributed by atoms with E-state index in [1.165, 1.54) is 24.3 Å². The van der Waals surface area contributed by atoms with Crippen molar-refractivity contribution in [2.45, 2.75) is 25.7 Å². The van der Waals surface area contributed by atoms with Gasteiger partial charge in [0.25, 0.3) is 0 Å². The van der Waals surface area contributed by atoms with Gasteiger partial charge in [0, 0.05) is 6.08 Å². The fourth-order valence-electron chi connectivity index (χ4n) is 2.67. The lowest BCUT2D eigenvalue weighted by atomic mass is 9.82. The summed E-state index contributed by atoms with van der Waals surface area (Å²) < 4.78 is 19.2. The predicted octanol–water partition coefficient (Wildman–Crippen LogP) is 2.69. The van der Waals surface area contributed by atoms with E-state index in [2.05, 4.69) is 16.1 Å². The van der Waals surface area contributed by atoms with Crippen molar-refractivity contribution in [2.24, 2.45) is 11.8 Å². The molecule has 0 saturated heterocycles. The van der Waals surface area contributed by atoms with Crippen LogP contribution in [0.4, 0.5) is 4.79 Å². The average Bonchev–Trinajstić information content (AvgIpc) is 2.69. The Labute approximate surface area is 160 Å². The van der Waals surface area contributed by atoms with Crippen LogP contribution in [-0.2, 0) is 23.9 Å². The van der Waals surface area contributed by atoms with E-state index in [-0.39, 0.29) is 17.4 Å². The quantitative estimate of drug-likeness (QED) is 0.245. The zero-order chi connectivity index (χ0) is 20.5. The molecule has 1 aliphatic carbocycles. The maximum atomic E-state index is 12.2. The van der Waals surface area contributed by atoms with E-state index in [1.54, 1.807) is 0 Å². The maximum Gasteiger partial charge on any atom is 0.516 e. The molecule has 2 rings (SSSR count). The topological polar surface area (TPSA) is 125 Å². The number of hydrogen-bond acceptors (Lipinski definition) is 8. The number of carboxylic acids is 1. The third-order valence-corrected chi connectivity index (χ3v) is 4.20. The first kappa shape index (κ1) is 20.9. The lowest BCUT2D eigenvalue weighted by Crippen LogP contribution is -2.28. The molecule has 0 amide bonds. The Hall–Kier alpha value is -3.36. The zero-order valence-corrected chi connectivity index (χ0v) is 15.0. The minimum atomic E-state index is -1.07. The summed E-state index contributed by atoms with van der Waals surface area (Å²) in [4.78, 5) is 45.4. The van der Waals surface area contributed by atoms with Crippen LogP contribution < -0.4 is 9.47 Å². The molecule has 1 aromatic rings. The highest BCUT2D eigenvalue weighted by Crippen LogP contribution is 2.30. The molecule has 28 heavy (non-hydrogen) atoms. The van der Waals surface area contributed by atoms with Gasteiger partial charge in [-0.3, -0.25) is 9.59 Å². The number of esters is 2. The standard InChI is InChI=1S/C19H20O9/c1-2-16(20)25-11-26-19(24)28-15-9-7-14(8-10-15)27-18(23)13-5-3-12(4-6-13)17(21)22/h2,7-10,12-13H,1,3-6,11H2,(H,21,22). The van der Waals surface area contributed by atoms with E-state index in [0.29, 0.717) is 25.7 Å². The van der Waals surface area contributed by atoms with E-state index in [9.17, 15) is 19.2 Å². The van der Waals surface area contributed by atoms with Crippen molar-refractivity contribution < 1.29 is 43.2 Å². The number of carboxylic acid groups (broad SMARTS) is 1. The van der Waals surface area contributed by atoms with Crippen LogP contribution in [-0.4, -0.2) is 36.0 Å². The summed E-state index contributed by atoms with van der Waals surface area (Å²) in [7, 11) is 0. The van der Waals surface area contributed by atoms with E-state index in [4.69, 9.17) is 14.6 Å². The molecule has 0 unspecified atom stereocenters. The molecule has 0 atom stereocenters. The molecule has 150 valence electrons. The van der Waals surface area contributed by atoms with Gasteiger partial charge < -0.3 is 24.1 Å². The largest absolute Gasteiger partial charge is 0.516 e. The third kappa shape index (κ3) is 6.42. The lowest BCUT2D eigenvalue weighted by Gasteiger charge is -2.24. The first-order valence-corrected chi connectivity index (χ1v) is 8.57. The minimum Gasteiger partial charge on any atom is -0.481 e. The van der Waals surface area contributed by atoms with Gasteiger partial charge in [-0.1, -0.05) is 6.58 Å². The zero-order valence-electron chi connectivity index (χ0n) is 15.0. The van der Waals surface area contributed by atoms with Gasteiger partial charge in [-0.15, -0.1) is 0 Å². The smallest absolute Gasteiger partial charge is 0.481 e. The molecule has 9 heteroatoms. The van der Waals surface area contributed by atoms with Crippen LogP contribution >= 0.6 is 0 Å². The van der Waals surface area contributed by atoms with Crippen LogP contribution in [0.2, 0.25) is 0 Å². The molecule has 0 spiro atoms. The Morgan fingerprint density at radius 3 is 2.00 bits per heavy atom. The Morgan fingerprint density at radius 1 is 0.929 bits per heavy atom. The number of aliphatic carboxylic acids is 1. The highest BCUT2D eigenvalue weighted by Gasteiger charge is 2.30. The van der Waals surface area contributed by atoms with Gasteiger partial charge in [-0.25, -0.2) is 9.59 Å². The van der Waals surface area contributed by atoms with Crippen molar-refractivity contribution in [3.63, 3.8) is 0 Å². The first-order valence-electron chi connectivity index (χ1n) is 8.57. The van der Waals surface area contributed by atoms with Crippen molar-refractivity contribution in [3.8, 4) is 11.5 Å². The Morgan fingerprint density at radius 2 is 1.46 bits per heavy atom. The molecule has 1 fully saturated rings. The fraction of sp³-hybridized carbons (Fsp3) is 0.368. The number of hydrogen-bond donors (Lipinski definition) is 1. The second kappa shape index (κ2) is 10.1. The fourth-order valence-corrected chi connectivity index (χ4v) is 2.67. The van der Waals surface area contributed by atoms with E-state index < -0.39 is 36.8 Å². The molecule has 0 radical (unpaired) electrons. The molecular formula is C19H20O9. The molecular weight excluding hydrogens is 372 g/mol. The van der Waals surface area contributed by atoms with E-state index >= 15 is 0 Å². The van der Waals surface area contributed by atoms with E-state index in [0.717, 1.165) is 6.08 Å². The highest BCUT2D eigenvalue weighted by atomic mass is 16.8. The second-order valence-electron chi connectivity index (χ2n) is 6.06. The lowest BCUT2D eigenvalue weighted by molar-refractivity contribution is -0.147. The number of carbonyl (C=O) groups excluding carboxylic acids is 3. The molecule has 9 nitrogen and oxygen atoms in total. The van der Waals surface area contributed by atoms with Gasteiger partial charge in [0.15, 0.2) is 0 Å². The minimum absolute atomic E-state index is 0.141.